The maximum absolute atomic E-state index is 13.2. The molecule has 0 saturated carbocycles. The fourth-order valence-electron chi connectivity index (χ4n) is 0.972. The van der Waals surface area contributed by atoms with Gasteiger partial charge >= 0.3 is 0 Å². The molecule has 0 heterocycles. The van der Waals surface area contributed by atoms with Gasteiger partial charge in [0.2, 0.25) is 0 Å². The molecule has 0 saturated heterocycles. The van der Waals surface area contributed by atoms with Crippen molar-refractivity contribution in [2.75, 3.05) is 0 Å². The van der Waals surface area contributed by atoms with Crippen LogP contribution in [0.2, 0.25) is 0 Å². The Labute approximate surface area is 70.2 Å². The van der Waals surface area contributed by atoms with E-state index in [4.69, 9.17) is 5.73 Å². The molecule has 1 rings (SSSR count). The van der Waals surface area contributed by atoms with E-state index >= 15 is 0 Å². The number of hydrogen-bond donors (Lipinski definition) is 1. The van der Waals surface area contributed by atoms with E-state index in [1.54, 1.807) is 19.9 Å². The molecule has 0 aliphatic carbocycles. The van der Waals surface area contributed by atoms with Gasteiger partial charge in [0.05, 0.1) is 5.56 Å². The number of aryl methyl sites for hydroxylation is 1. The molecular formula is C9H10FNO. The normalized spacial score (nSPS) is 9.92. The lowest BCUT2D eigenvalue weighted by molar-refractivity contribution is 0.0996. The van der Waals surface area contributed by atoms with Crippen LogP contribution in [0.3, 0.4) is 0 Å². The Bertz CT molecular complexity index is 334. The van der Waals surface area contributed by atoms with Crippen LogP contribution in [0.15, 0.2) is 12.1 Å². The molecule has 0 fully saturated rings. The summed E-state index contributed by atoms with van der Waals surface area (Å²) in [7, 11) is 0. The molecule has 1 aromatic rings. The van der Waals surface area contributed by atoms with Gasteiger partial charge in [0.1, 0.15) is 5.82 Å². The lowest BCUT2D eigenvalue weighted by Gasteiger charge is -2.04. The van der Waals surface area contributed by atoms with Crippen molar-refractivity contribution < 1.29 is 9.18 Å². The minimum atomic E-state index is -0.726. The summed E-state index contributed by atoms with van der Waals surface area (Å²) in [5.41, 5.74) is 6.21. The maximum Gasteiger partial charge on any atom is 0.251 e. The summed E-state index contributed by atoms with van der Waals surface area (Å²) in [6, 6.07) is 3.08. The van der Waals surface area contributed by atoms with Crippen LogP contribution in [-0.2, 0) is 0 Å². The third kappa shape index (κ3) is 1.30. The molecule has 0 unspecified atom stereocenters. The highest BCUT2D eigenvalue weighted by Gasteiger charge is 2.10. The second kappa shape index (κ2) is 2.93. The molecule has 64 valence electrons. The first-order valence-corrected chi connectivity index (χ1v) is 3.59. The van der Waals surface area contributed by atoms with Gasteiger partial charge in [-0.2, -0.15) is 0 Å². The molecule has 0 aliphatic rings. The number of hydrogen-bond acceptors (Lipinski definition) is 1. The second-order valence-corrected chi connectivity index (χ2v) is 2.73. The van der Waals surface area contributed by atoms with Crippen LogP contribution in [0.4, 0.5) is 4.39 Å². The second-order valence-electron chi connectivity index (χ2n) is 2.73. The molecule has 0 bridgehead atoms. The first-order chi connectivity index (χ1) is 5.54. The lowest BCUT2D eigenvalue weighted by atomic mass is 10.1. The predicted octanol–water partition coefficient (Wildman–Crippen LogP) is 1.54. The van der Waals surface area contributed by atoms with Crippen molar-refractivity contribution >= 4 is 5.91 Å². The van der Waals surface area contributed by atoms with Crippen LogP contribution in [-0.4, -0.2) is 5.91 Å². The molecule has 2 N–H and O–H groups in total. The summed E-state index contributed by atoms with van der Waals surface area (Å²) in [4.78, 5) is 10.7. The van der Waals surface area contributed by atoms with Gasteiger partial charge in [-0.15, -0.1) is 0 Å². The molecule has 3 heteroatoms. The van der Waals surface area contributed by atoms with Crippen molar-refractivity contribution in [1.82, 2.24) is 0 Å². The molecule has 0 radical (unpaired) electrons. The molecule has 0 atom stereocenters. The predicted molar refractivity (Wildman–Crippen MR) is 44.4 cm³/mol. The average Bonchev–Trinajstić information content (AvgIpc) is 2.00. The van der Waals surface area contributed by atoms with Crippen LogP contribution >= 0.6 is 0 Å². The number of primary amides is 1. The molecule has 1 aromatic carbocycles. The lowest BCUT2D eigenvalue weighted by Crippen LogP contribution is -2.14. The zero-order valence-corrected chi connectivity index (χ0v) is 7.02. The van der Waals surface area contributed by atoms with Crippen LogP contribution in [0.5, 0.6) is 0 Å². The van der Waals surface area contributed by atoms with Gasteiger partial charge in [0.25, 0.3) is 5.91 Å². The molecule has 12 heavy (non-hydrogen) atoms. The maximum atomic E-state index is 13.2. The van der Waals surface area contributed by atoms with Crippen molar-refractivity contribution in [3.05, 3.63) is 34.6 Å². The van der Waals surface area contributed by atoms with Gasteiger partial charge in [0, 0.05) is 0 Å². The van der Waals surface area contributed by atoms with Crippen LogP contribution < -0.4 is 5.73 Å². The number of amides is 1. The third-order valence-electron chi connectivity index (χ3n) is 1.92. The topological polar surface area (TPSA) is 43.1 Å². The molecule has 0 aliphatic heterocycles. The number of rotatable bonds is 1. The molecular weight excluding hydrogens is 157 g/mol. The van der Waals surface area contributed by atoms with Gasteiger partial charge in [-0.25, -0.2) is 4.39 Å². The van der Waals surface area contributed by atoms with E-state index in [1.165, 1.54) is 6.07 Å². The van der Waals surface area contributed by atoms with Gasteiger partial charge < -0.3 is 5.73 Å². The first-order valence-electron chi connectivity index (χ1n) is 3.59. The van der Waals surface area contributed by atoms with E-state index in [9.17, 15) is 9.18 Å². The highest BCUT2D eigenvalue weighted by molar-refractivity contribution is 5.93. The fourth-order valence-corrected chi connectivity index (χ4v) is 0.972. The Morgan fingerprint density at radius 2 is 2.00 bits per heavy atom. The zero-order valence-electron chi connectivity index (χ0n) is 7.02. The first kappa shape index (κ1) is 8.71. The number of carbonyl (C=O) groups excluding carboxylic acids is 1. The van der Waals surface area contributed by atoms with Gasteiger partial charge in [-0.05, 0) is 31.0 Å². The largest absolute Gasteiger partial charge is 0.366 e. The van der Waals surface area contributed by atoms with E-state index in [2.05, 4.69) is 0 Å². The summed E-state index contributed by atoms with van der Waals surface area (Å²) in [6.07, 6.45) is 0. The van der Waals surface area contributed by atoms with Crippen molar-refractivity contribution in [3.63, 3.8) is 0 Å². The van der Waals surface area contributed by atoms with Crippen molar-refractivity contribution in [2.24, 2.45) is 5.73 Å². The Hall–Kier alpha value is -1.38. The summed E-state index contributed by atoms with van der Waals surface area (Å²) in [5.74, 6) is -1.24. The molecule has 0 aromatic heterocycles. The number of carbonyl (C=O) groups is 1. The number of nitrogens with two attached hydrogens (primary N) is 1. The fraction of sp³-hybridized carbons (Fsp3) is 0.222. The SMILES string of the molecule is Cc1ccc(C(N)=O)c(F)c1C. The van der Waals surface area contributed by atoms with E-state index in [0.29, 0.717) is 5.56 Å². The number of benzene rings is 1. The number of halogens is 1. The Kier molecular flexibility index (Phi) is 2.13. The zero-order chi connectivity index (χ0) is 9.30. The summed E-state index contributed by atoms with van der Waals surface area (Å²) in [5, 5.41) is 0. The highest BCUT2D eigenvalue weighted by Crippen LogP contribution is 2.15. The third-order valence-corrected chi connectivity index (χ3v) is 1.92. The summed E-state index contributed by atoms with van der Waals surface area (Å²) >= 11 is 0. The highest BCUT2D eigenvalue weighted by atomic mass is 19.1. The minimum absolute atomic E-state index is 0.0434. The van der Waals surface area contributed by atoms with E-state index < -0.39 is 11.7 Å². The van der Waals surface area contributed by atoms with E-state index in [-0.39, 0.29) is 5.56 Å². The van der Waals surface area contributed by atoms with Gasteiger partial charge in [-0.1, -0.05) is 6.07 Å². The smallest absolute Gasteiger partial charge is 0.251 e. The quantitative estimate of drug-likeness (QED) is 0.677. The molecule has 2 nitrogen and oxygen atoms in total. The van der Waals surface area contributed by atoms with Gasteiger partial charge in [-0.3, -0.25) is 4.79 Å². The average molecular weight is 167 g/mol. The Morgan fingerprint density at radius 1 is 1.42 bits per heavy atom. The standard InChI is InChI=1S/C9H10FNO/c1-5-3-4-7(9(11)12)8(10)6(5)2/h3-4H,1-2H3,(H2,11,12). The summed E-state index contributed by atoms with van der Waals surface area (Å²) in [6.45, 7) is 3.40. The van der Waals surface area contributed by atoms with Crippen molar-refractivity contribution in [3.8, 4) is 0 Å². The monoisotopic (exact) mass is 167 g/mol. The molecule has 0 spiro atoms. The van der Waals surface area contributed by atoms with Gasteiger partial charge in [0.15, 0.2) is 0 Å². The molecule has 1 amide bonds. The van der Waals surface area contributed by atoms with E-state index in [1.807, 2.05) is 0 Å². The van der Waals surface area contributed by atoms with Crippen LogP contribution in [0, 0.1) is 19.7 Å². The van der Waals surface area contributed by atoms with Crippen molar-refractivity contribution in [2.45, 2.75) is 13.8 Å². The Morgan fingerprint density at radius 3 is 2.50 bits per heavy atom. The van der Waals surface area contributed by atoms with Crippen LogP contribution in [0.25, 0.3) is 0 Å². The van der Waals surface area contributed by atoms with E-state index in [0.717, 1.165) is 5.56 Å². The summed E-state index contributed by atoms with van der Waals surface area (Å²) < 4.78 is 13.2. The van der Waals surface area contributed by atoms with Crippen molar-refractivity contribution in [1.29, 1.82) is 0 Å². The van der Waals surface area contributed by atoms with Crippen LogP contribution in [0.1, 0.15) is 21.5 Å². The minimum Gasteiger partial charge on any atom is -0.366 e. The Balaban J connectivity index is 3.36.